The first-order valence-corrected chi connectivity index (χ1v) is 9.41. The maximum absolute atomic E-state index is 13.0. The number of anilines is 1. The van der Waals surface area contributed by atoms with Crippen LogP contribution >= 0.6 is 0 Å². The fourth-order valence-electron chi connectivity index (χ4n) is 3.56. The number of hydrogen-bond acceptors (Lipinski definition) is 2. The number of carbonyl (C=O) groups is 1. The van der Waals surface area contributed by atoms with Gasteiger partial charge in [0.15, 0.2) is 17.8 Å². The van der Waals surface area contributed by atoms with Crippen molar-refractivity contribution in [3.05, 3.63) is 54.2 Å². The summed E-state index contributed by atoms with van der Waals surface area (Å²) in [6.45, 7) is 4.98. The van der Waals surface area contributed by atoms with Gasteiger partial charge in [-0.05, 0) is 62.6 Å². The highest BCUT2D eigenvalue weighted by Gasteiger charge is 2.31. The zero-order valence-corrected chi connectivity index (χ0v) is 15.2. The van der Waals surface area contributed by atoms with Crippen LogP contribution in [0.5, 0.6) is 0 Å². The SMILES string of the molecule is C[C@H]([NH2+]C[C@H](c1ccco1)[NH+]1CCCCC1)C(=O)Nc1ccc(F)cc1. The molecule has 2 heterocycles. The number of benzene rings is 1. The highest BCUT2D eigenvalue weighted by Crippen LogP contribution is 2.11. The Balaban J connectivity index is 1.57. The van der Waals surface area contributed by atoms with Crippen molar-refractivity contribution < 1.29 is 23.8 Å². The van der Waals surface area contributed by atoms with Crippen molar-refractivity contribution >= 4 is 11.6 Å². The minimum absolute atomic E-state index is 0.0801. The van der Waals surface area contributed by atoms with Gasteiger partial charge in [0.1, 0.15) is 12.4 Å². The van der Waals surface area contributed by atoms with Gasteiger partial charge in [-0.15, -0.1) is 0 Å². The van der Waals surface area contributed by atoms with Crippen LogP contribution in [0.2, 0.25) is 0 Å². The molecule has 0 saturated carbocycles. The lowest BCUT2D eigenvalue weighted by Gasteiger charge is -2.29. The summed E-state index contributed by atoms with van der Waals surface area (Å²) in [6, 6.07) is 9.81. The molecule has 0 aliphatic carbocycles. The lowest BCUT2D eigenvalue weighted by molar-refractivity contribution is -0.951. The number of likely N-dealkylation sites (tertiary alicyclic amines) is 1. The molecule has 0 spiro atoms. The van der Waals surface area contributed by atoms with Crippen LogP contribution < -0.4 is 15.5 Å². The standard InChI is InChI=1S/C20H26FN3O2/c1-15(20(25)23-17-9-7-16(21)8-10-17)22-14-18(19-6-5-13-26-19)24-11-3-2-4-12-24/h5-10,13,15,18,22H,2-4,11-12,14H2,1H3,(H,23,25)/p+2/t15-,18+/m0/s1. The first kappa shape index (κ1) is 18.6. The van der Waals surface area contributed by atoms with E-state index in [0.29, 0.717) is 5.69 Å². The van der Waals surface area contributed by atoms with Crippen LogP contribution in [0, 0.1) is 5.82 Å². The van der Waals surface area contributed by atoms with Gasteiger partial charge < -0.3 is 20.0 Å². The van der Waals surface area contributed by atoms with E-state index >= 15 is 0 Å². The summed E-state index contributed by atoms with van der Waals surface area (Å²) >= 11 is 0. The molecule has 4 N–H and O–H groups in total. The van der Waals surface area contributed by atoms with Crippen molar-refractivity contribution in [3.63, 3.8) is 0 Å². The van der Waals surface area contributed by atoms with E-state index in [0.717, 1.165) is 25.4 Å². The molecule has 6 heteroatoms. The minimum atomic E-state index is -0.312. The Morgan fingerprint density at radius 1 is 1.23 bits per heavy atom. The molecule has 0 unspecified atom stereocenters. The third-order valence-corrected chi connectivity index (χ3v) is 5.13. The minimum Gasteiger partial charge on any atom is -0.463 e. The quantitative estimate of drug-likeness (QED) is 0.692. The summed E-state index contributed by atoms with van der Waals surface area (Å²) in [4.78, 5) is 13.9. The molecule has 2 atom stereocenters. The Kier molecular flexibility index (Phi) is 6.41. The van der Waals surface area contributed by atoms with Crippen LogP contribution in [0.1, 0.15) is 38.0 Å². The maximum atomic E-state index is 13.0. The van der Waals surface area contributed by atoms with E-state index in [9.17, 15) is 9.18 Å². The van der Waals surface area contributed by atoms with Crippen LogP contribution in [-0.4, -0.2) is 31.6 Å². The molecule has 1 aliphatic rings. The van der Waals surface area contributed by atoms with Gasteiger partial charge in [0, 0.05) is 5.69 Å². The second-order valence-electron chi connectivity index (χ2n) is 7.04. The second-order valence-corrected chi connectivity index (χ2v) is 7.04. The summed E-state index contributed by atoms with van der Waals surface area (Å²) in [5.41, 5.74) is 0.612. The van der Waals surface area contributed by atoms with E-state index in [2.05, 4.69) is 10.6 Å². The van der Waals surface area contributed by atoms with Crippen molar-refractivity contribution in [1.82, 2.24) is 0 Å². The molecule has 1 fully saturated rings. The molecule has 1 amide bonds. The molecular formula is C20H28FN3O2+2. The number of hydrogen-bond donors (Lipinski definition) is 3. The van der Waals surface area contributed by atoms with Crippen molar-refractivity contribution in [2.75, 3.05) is 25.0 Å². The van der Waals surface area contributed by atoms with Gasteiger partial charge in [-0.2, -0.15) is 0 Å². The smallest absolute Gasteiger partial charge is 0.282 e. The number of rotatable bonds is 7. The molecular weight excluding hydrogens is 333 g/mol. The van der Waals surface area contributed by atoms with Crippen LogP contribution in [0.15, 0.2) is 47.1 Å². The Morgan fingerprint density at radius 3 is 2.62 bits per heavy atom. The fraction of sp³-hybridized carbons (Fsp3) is 0.450. The van der Waals surface area contributed by atoms with Crippen LogP contribution in [0.25, 0.3) is 0 Å². The highest BCUT2D eigenvalue weighted by molar-refractivity contribution is 5.93. The first-order valence-electron chi connectivity index (χ1n) is 9.41. The Labute approximate surface area is 153 Å². The highest BCUT2D eigenvalue weighted by atomic mass is 19.1. The summed E-state index contributed by atoms with van der Waals surface area (Å²) < 4.78 is 18.6. The van der Waals surface area contributed by atoms with Crippen LogP contribution in [-0.2, 0) is 4.79 Å². The Bertz CT molecular complexity index is 682. The van der Waals surface area contributed by atoms with Gasteiger partial charge in [-0.1, -0.05) is 0 Å². The normalized spacial score (nSPS) is 17.6. The topological polar surface area (TPSA) is 63.3 Å². The second kappa shape index (κ2) is 8.96. The lowest BCUT2D eigenvalue weighted by atomic mass is 10.1. The number of piperidine rings is 1. The monoisotopic (exact) mass is 361 g/mol. The predicted octanol–water partition coefficient (Wildman–Crippen LogP) is 1.12. The number of furan rings is 1. The lowest BCUT2D eigenvalue weighted by Crippen LogP contribution is -3.16. The summed E-state index contributed by atoms with van der Waals surface area (Å²) in [5, 5.41) is 4.90. The number of halogens is 1. The summed E-state index contributed by atoms with van der Waals surface area (Å²) in [6.07, 6.45) is 5.51. The Morgan fingerprint density at radius 2 is 1.96 bits per heavy atom. The molecule has 26 heavy (non-hydrogen) atoms. The molecule has 0 bridgehead atoms. The van der Waals surface area contributed by atoms with E-state index < -0.39 is 0 Å². The average molecular weight is 361 g/mol. The summed E-state index contributed by atoms with van der Waals surface area (Å²) in [5.74, 6) is 0.598. The van der Waals surface area contributed by atoms with Crippen LogP contribution in [0.4, 0.5) is 10.1 Å². The van der Waals surface area contributed by atoms with Crippen LogP contribution in [0.3, 0.4) is 0 Å². The zero-order chi connectivity index (χ0) is 18.4. The molecule has 2 aromatic rings. The summed E-state index contributed by atoms with van der Waals surface area (Å²) in [7, 11) is 0. The first-order chi connectivity index (χ1) is 12.6. The molecule has 3 rings (SSSR count). The molecule has 0 radical (unpaired) electrons. The van der Waals surface area contributed by atoms with Gasteiger partial charge >= 0.3 is 0 Å². The Hall–Kier alpha value is -2.18. The van der Waals surface area contributed by atoms with Gasteiger partial charge in [0.05, 0.1) is 19.4 Å². The van der Waals surface area contributed by atoms with Crippen molar-refractivity contribution in [2.45, 2.75) is 38.3 Å². The zero-order valence-electron chi connectivity index (χ0n) is 15.2. The van der Waals surface area contributed by atoms with E-state index in [1.54, 1.807) is 18.4 Å². The largest absolute Gasteiger partial charge is 0.463 e. The molecule has 1 saturated heterocycles. The van der Waals surface area contributed by atoms with Gasteiger partial charge in [0.2, 0.25) is 0 Å². The molecule has 1 aromatic heterocycles. The van der Waals surface area contributed by atoms with E-state index in [1.165, 1.54) is 36.3 Å². The van der Waals surface area contributed by atoms with E-state index in [4.69, 9.17) is 4.42 Å². The maximum Gasteiger partial charge on any atom is 0.282 e. The number of quaternary nitrogens is 2. The third-order valence-electron chi connectivity index (χ3n) is 5.13. The fourth-order valence-corrected chi connectivity index (χ4v) is 3.56. The molecule has 140 valence electrons. The number of carbonyl (C=O) groups excluding carboxylic acids is 1. The number of nitrogens with one attached hydrogen (secondary N) is 2. The van der Waals surface area contributed by atoms with Gasteiger partial charge in [-0.3, -0.25) is 4.79 Å². The molecule has 5 nitrogen and oxygen atoms in total. The molecule has 1 aliphatic heterocycles. The number of amides is 1. The van der Waals surface area contributed by atoms with Crippen molar-refractivity contribution in [1.29, 1.82) is 0 Å². The van der Waals surface area contributed by atoms with Gasteiger partial charge in [-0.25, -0.2) is 4.39 Å². The van der Waals surface area contributed by atoms with Crippen molar-refractivity contribution in [3.8, 4) is 0 Å². The number of nitrogens with two attached hydrogens (primary N) is 1. The van der Waals surface area contributed by atoms with Crippen molar-refractivity contribution in [2.24, 2.45) is 0 Å². The van der Waals surface area contributed by atoms with E-state index in [1.807, 2.05) is 19.1 Å². The predicted molar refractivity (Wildman–Crippen MR) is 97.3 cm³/mol. The third kappa shape index (κ3) is 4.93. The van der Waals surface area contributed by atoms with E-state index in [-0.39, 0.29) is 23.8 Å². The molecule has 1 aromatic carbocycles. The van der Waals surface area contributed by atoms with Gasteiger partial charge in [0.25, 0.3) is 5.91 Å². The average Bonchev–Trinajstić information content (AvgIpc) is 3.19.